The summed E-state index contributed by atoms with van der Waals surface area (Å²) in [5, 5.41) is 2.91. The van der Waals surface area contributed by atoms with E-state index in [0.717, 1.165) is 17.0 Å². The molecule has 2 aromatic rings. The molecule has 0 saturated carbocycles. The van der Waals surface area contributed by atoms with Crippen LogP contribution in [-0.4, -0.2) is 11.3 Å². The van der Waals surface area contributed by atoms with Crippen LogP contribution in [0.5, 0.6) is 5.75 Å². The molecule has 2 rings (SSSR count). The second-order valence-corrected chi connectivity index (χ2v) is 5.78. The Balaban J connectivity index is 2.12. The van der Waals surface area contributed by atoms with E-state index in [1.54, 1.807) is 13.1 Å². The molecule has 114 valence electrons. The molecule has 1 aromatic heterocycles. The number of anilines is 1. The summed E-state index contributed by atoms with van der Waals surface area (Å²) in [6, 6.07) is 1.95. The van der Waals surface area contributed by atoms with E-state index in [-0.39, 0.29) is 0 Å². The number of thiazole rings is 1. The van der Waals surface area contributed by atoms with E-state index in [0.29, 0.717) is 22.3 Å². The predicted molar refractivity (Wildman–Crippen MR) is 72.3 cm³/mol. The maximum Gasteiger partial charge on any atom is 0.573 e. The lowest BCUT2D eigenvalue weighted by molar-refractivity contribution is -0.275. The van der Waals surface area contributed by atoms with Crippen molar-refractivity contribution in [1.82, 2.24) is 4.98 Å². The lowest BCUT2D eigenvalue weighted by Crippen LogP contribution is -2.18. The first-order valence-corrected chi connectivity index (χ1v) is 6.84. The monoisotopic (exact) mass is 340 g/mol. The van der Waals surface area contributed by atoms with Gasteiger partial charge in [-0.1, -0.05) is 11.6 Å². The highest BCUT2D eigenvalue weighted by molar-refractivity contribution is 7.15. The first kappa shape index (κ1) is 15.8. The van der Waals surface area contributed by atoms with Crippen molar-refractivity contribution < 1.29 is 22.3 Å². The normalized spacial score (nSPS) is 11.5. The van der Waals surface area contributed by atoms with Crippen LogP contribution < -0.4 is 10.1 Å². The summed E-state index contributed by atoms with van der Waals surface area (Å²) in [6.45, 7) is 1.88. The fourth-order valence-electron chi connectivity index (χ4n) is 1.60. The molecule has 0 aliphatic heterocycles. The molecule has 9 heteroatoms. The lowest BCUT2D eigenvalue weighted by Gasteiger charge is -2.13. The molecule has 0 spiro atoms. The van der Waals surface area contributed by atoms with Crippen molar-refractivity contribution in [3.63, 3.8) is 0 Å². The zero-order valence-electron chi connectivity index (χ0n) is 10.6. The van der Waals surface area contributed by atoms with Crippen LogP contribution in [0.4, 0.5) is 23.2 Å². The van der Waals surface area contributed by atoms with Gasteiger partial charge in [-0.2, -0.15) is 0 Å². The Morgan fingerprint density at radius 3 is 2.67 bits per heavy atom. The molecule has 0 fully saturated rings. The third-order valence-electron chi connectivity index (χ3n) is 2.48. The molecular formula is C12H9ClF4N2OS. The fourth-order valence-corrected chi connectivity index (χ4v) is 2.51. The average molecular weight is 341 g/mol. The van der Waals surface area contributed by atoms with Gasteiger partial charge in [0, 0.05) is 22.8 Å². The van der Waals surface area contributed by atoms with E-state index in [9.17, 15) is 17.6 Å². The molecule has 0 aliphatic carbocycles. The fraction of sp³-hybridized carbons (Fsp3) is 0.250. The van der Waals surface area contributed by atoms with Crippen molar-refractivity contribution in [1.29, 1.82) is 0 Å². The molecule has 0 aliphatic rings. The van der Waals surface area contributed by atoms with E-state index in [2.05, 4.69) is 15.0 Å². The van der Waals surface area contributed by atoms with Crippen LogP contribution in [0.2, 0.25) is 4.47 Å². The van der Waals surface area contributed by atoms with Gasteiger partial charge in [-0.25, -0.2) is 9.37 Å². The Bertz CT molecular complexity index is 645. The number of alkyl halides is 3. The van der Waals surface area contributed by atoms with Crippen LogP contribution in [0.3, 0.4) is 0 Å². The number of hydrogen-bond acceptors (Lipinski definition) is 4. The van der Waals surface area contributed by atoms with E-state index < -0.39 is 17.9 Å². The van der Waals surface area contributed by atoms with Crippen molar-refractivity contribution in [2.24, 2.45) is 0 Å². The van der Waals surface area contributed by atoms with Gasteiger partial charge in [0.05, 0.1) is 6.54 Å². The van der Waals surface area contributed by atoms with Crippen LogP contribution in [0.15, 0.2) is 18.3 Å². The second kappa shape index (κ2) is 6.07. The van der Waals surface area contributed by atoms with E-state index in [1.165, 1.54) is 11.3 Å². The molecule has 21 heavy (non-hydrogen) atoms. The molecule has 0 amide bonds. The third kappa shape index (κ3) is 4.47. The minimum Gasteiger partial charge on any atom is -0.403 e. The molecule has 0 atom stereocenters. The highest BCUT2D eigenvalue weighted by Gasteiger charge is 2.32. The Morgan fingerprint density at radius 2 is 2.10 bits per heavy atom. The number of benzene rings is 1. The number of nitrogens with one attached hydrogen (secondary N) is 1. The smallest absolute Gasteiger partial charge is 0.403 e. The Hall–Kier alpha value is -1.54. The van der Waals surface area contributed by atoms with Gasteiger partial charge < -0.3 is 10.1 Å². The lowest BCUT2D eigenvalue weighted by atomic mass is 10.2. The summed E-state index contributed by atoms with van der Waals surface area (Å²) >= 11 is 6.93. The summed E-state index contributed by atoms with van der Waals surface area (Å²) in [4.78, 5) is 4.66. The zero-order chi connectivity index (χ0) is 15.6. The molecule has 0 radical (unpaired) electrons. The van der Waals surface area contributed by atoms with Crippen LogP contribution in [0.25, 0.3) is 0 Å². The van der Waals surface area contributed by atoms with E-state index in [1.807, 2.05) is 0 Å². The SMILES string of the molecule is Cc1cc(OC(F)(F)F)c(F)cc1NCc1cnc(Cl)s1. The van der Waals surface area contributed by atoms with E-state index in [4.69, 9.17) is 11.6 Å². The molecule has 3 nitrogen and oxygen atoms in total. The van der Waals surface area contributed by atoms with Crippen LogP contribution >= 0.6 is 22.9 Å². The minimum atomic E-state index is -4.93. The van der Waals surface area contributed by atoms with Gasteiger partial charge in [-0.3, -0.25) is 0 Å². The van der Waals surface area contributed by atoms with Crippen molar-refractivity contribution in [2.75, 3.05) is 5.32 Å². The Kier molecular flexibility index (Phi) is 4.58. The van der Waals surface area contributed by atoms with Gasteiger partial charge >= 0.3 is 6.36 Å². The van der Waals surface area contributed by atoms with Crippen molar-refractivity contribution in [3.8, 4) is 5.75 Å². The van der Waals surface area contributed by atoms with Gasteiger partial charge in [-0.05, 0) is 18.6 Å². The van der Waals surface area contributed by atoms with Gasteiger partial charge in [0.25, 0.3) is 0 Å². The quantitative estimate of drug-likeness (QED) is 0.815. The van der Waals surface area contributed by atoms with Gasteiger partial charge in [-0.15, -0.1) is 24.5 Å². The molecular weight excluding hydrogens is 332 g/mol. The zero-order valence-corrected chi connectivity index (χ0v) is 12.2. The summed E-state index contributed by atoms with van der Waals surface area (Å²) < 4.78 is 53.9. The largest absolute Gasteiger partial charge is 0.573 e. The number of rotatable bonds is 4. The Morgan fingerprint density at radius 1 is 1.38 bits per heavy atom. The minimum absolute atomic E-state index is 0.337. The highest BCUT2D eigenvalue weighted by atomic mass is 35.5. The first-order valence-electron chi connectivity index (χ1n) is 5.64. The number of aromatic nitrogens is 1. The topological polar surface area (TPSA) is 34.1 Å². The summed E-state index contributed by atoms with van der Waals surface area (Å²) in [7, 11) is 0. The number of ether oxygens (including phenoxy) is 1. The van der Waals surface area contributed by atoms with Gasteiger partial charge in [0.1, 0.15) is 0 Å². The summed E-state index contributed by atoms with van der Waals surface area (Å²) in [6.07, 6.45) is -3.37. The standard InChI is InChI=1S/C12H9ClF4N2OS/c1-6-2-10(20-12(15,16)17)8(14)3-9(6)18-4-7-5-19-11(13)21-7/h2-3,5,18H,4H2,1H3. The first-order chi connectivity index (χ1) is 9.74. The predicted octanol–water partition coefficient (Wildman–Crippen LogP) is 4.75. The number of halogens is 5. The van der Waals surface area contributed by atoms with Crippen molar-refractivity contribution in [3.05, 3.63) is 39.1 Å². The molecule has 1 aromatic carbocycles. The number of aryl methyl sites for hydroxylation is 1. The van der Waals surface area contributed by atoms with E-state index >= 15 is 0 Å². The van der Waals surface area contributed by atoms with Crippen LogP contribution in [0.1, 0.15) is 10.4 Å². The molecule has 0 unspecified atom stereocenters. The second-order valence-electron chi connectivity index (χ2n) is 4.08. The van der Waals surface area contributed by atoms with Crippen molar-refractivity contribution >= 4 is 28.6 Å². The molecule has 0 bridgehead atoms. The average Bonchev–Trinajstić information content (AvgIpc) is 2.76. The van der Waals surface area contributed by atoms with Crippen LogP contribution in [-0.2, 0) is 6.54 Å². The Labute approximate surface area is 126 Å². The molecule has 1 N–H and O–H groups in total. The maximum absolute atomic E-state index is 13.6. The number of nitrogens with zero attached hydrogens (tertiary/aromatic N) is 1. The molecule has 1 heterocycles. The molecule has 0 saturated heterocycles. The highest BCUT2D eigenvalue weighted by Crippen LogP contribution is 2.30. The number of hydrogen-bond donors (Lipinski definition) is 1. The summed E-state index contributed by atoms with van der Waals surface area (Å²) in [5.41, 5.74) is 0.790. The van der Waals surface area contributed by atoms with Gasteiger partial charge in [0.15, 0.2) is 16.0 Å². The van der Waals surface area contributed by atoms with Crippen molar-refractivity contribution in [2.45, 2.75) is 19.8 Å². The third-order valence-corrected chi connectivity index (χ3v) is 3.60. The summed E-state index contributed by atoms with van der Waals surface area (Å²) in [5.74, 6) is -1.95. The van der Waals surface area contributed by atoms with Gasteiger partial charge in [0.2, 0.25) is 0 Å². The van der Waals surface area contributed by atoms with Crippen LogP contribution in [0, 0.1) is 12.7 Å². The maximum atomic E-state index is 13.6.